The van der Waals surface area contributed by atoms with Crippen molar-refractivity contribution in [2.75, 3.05) is 0 Å². The molecule has 43 heavy (non-hydrogen) atoms. The average molecular weight is 563 g/mol. The van der Waals surface area contributed by atoms with Crippen molar-refractivity contribution in [1.82, 2.24) is 0 Å². The summed E-state index contributed by atoms with van der Waals surface area (Å²) in [5, 5.41) is 2.33. The van der Waals surface area contributed by atoms with Crippen LogP contribution in [0.5, 0.6) is 0 Å². The van der Waals surface area contributed by atoms with Crippen LogP contribution in [0.25, 0.3) is 55.3 Å². The zero-order chi connectivity index (χ0) is 29.7. The maximum Gasteiger partial charge on any atom is 0.495 e. The Hall–Kier alpha value is -4.12. The fourth-order valence-electron chi connectivity index (χ4n) is 7.07. The Labute approximate surface area is 253 Å². The Morgan fingerprint density at radius 1 is 0.535 bits per heavy atom. The largest absolute Gasteiger partial charge is 0.495 e. The van der Waals surface area contributed by atoms with Crippen LogP contribution in [-0.4, -0.2) is 18.3 Å². The number of benzene rings is 5. The van der Waals surface area contributed by atoms with Crippen molar-refractivity contribution in [2.24, 2.45) is 0 Å². The van der Waals surface area contributed by atoms with E-state index in [1.165, 1.54) is 38.8 Å². The van der Waals surface area contributed by atoms with Crippen molar-refractivity contribution in [3.05, 3.63) is 114 Å². The van der Waals surface area contributed by atoms with E-state index in [1.54, 1.807) is 0 Å². The second-order valence-corrected chi connectivity index (χ2v) is 13.6. The molecule has 5 aromatic carbocycles. The summed E-state index contributed by atoms with van der Waals surface area (Å²) in [5.74, 6) is 0. The number of rotatable bonds is 3. The lowest BCUT2D eigenvalue weighted by Gasteiger charge is -2.32. The van der Waals surface area contributed by atoms with Crippen LogP contribution in [0.3, 0.4) is 0 Å². The molecule has 4 heteroatoms. The lowest BCUT2D eigenvalue weighted by molar-refractivity contribution is 0.00578. The van der Waals surface area contributed by atoms with Crippen LogP contribution in [0.4, 0.5) is 0 Å². The molecule has 6 aromatic rings. The molecule has 0 atom stereocenters. The lowest BCUT2D eigenvalue weighted by Crippen LogP contribution is -2.41. The van der Waals surface area contributed by atoms with Gasteiger partial charge in [-0.2, -0.15) is 0 Å². The molecule has 0 N–H and O–H groups in total. The normalized spacial score (nSPS) is 17.9. The number of hydrogen-bond donors (Lipinski definition) is 0. The van der Waals surface area contributed by atoms with Crippen LogP contribution >= 0.6 is 0 Å². The molecular weight excluding hydrogens is 527 g/mol. The highest BCUT2D eigenvalue weighted by Crippen LogP contribution is 2.53. The van der Waals surface area contributed by atoms with E-state index >= 15 is 0 Å². The molecule has 1 saturated heterocycles. The number of para-hydroxylation sites is 1. The van der Waals surface area contributed by atoms with Crippen molar-refractivity contribution in [3.8, 4) is 33.4 Å². The second kappa shape index (κ2) is 8.95. The quantitative estimate of drug-likeness (QED) is 0.201. The molecule has 1 aliphatic heterocycles. The first-order valence-corrected chi connectivity index (χ1v) is 15.2. The molecule has 212 valence electrons. The molecule has 8 rings (SSSR count). The van der Waals surface area contributed by atoms with Gasteiger partial charge in [-0.3, -0.25) is 0 Å². The minimum Gasteiger partial charge on any atom is -0.455 e. The van der Waals surface area contributed by atoms with E-state index in [4.69, 9.17) is 13.7 Å². The fraction of sp³-hybridized carbons (Fsp3) is 0.231. The Balaban J connectivity index is 1.30. The summed E-state index contributed by atoms with van der Waals surface area (Å²) in [5.41, 5.74) is 11.7. The Morgan fingerprint density at radius 2 is 1.16 bits per heavy atom. The predicted molar refractivity (Wildman–Crippen MR) is 178 cm³/mol. The van der Waals surface area contributed by atoms with Gasteiger partial charge in [0.05, 0.1) is 11.2 Å². The van der Waals surface area contributed by atoms with Gasteiger partial charge in [0.2, 0.25) is 0 Å². The van der Waals surface area contributed by atoms with Gasteiger partial charge >= 0.3 is 7.12 Å². The van der Waals surface area contributed by atoms with Crippen molar-refractivity contribution in [2.45, 2.75) is 58.2 Å². The van der Waals surface area contributed by atoms with Crippen LogP contribution in [0.15, 0.2) is 108 Å². The minimum atomic E-state index is -0.441. The van der Waals surface area contributed by atoms with Gasteiger partial charge in [-0.1, -0.05) is 105 Å². The van der Waals surface area contributed by atoms with Gasteiger partial charge in [0.25, 0.3) is 0 Å². The highest BCUT2D eigenvalue weighted by atomic mass is 16.7. The summed E-state index contributed by atoms with van der Waals surface area (Å²) < 4.78 is 19.6. The van der Waals surface area contributed by atoms with Gasteiger partial charge in [0.1, 0.15) is 11.2 Å². The van der Waals surface area contributed by atoms with E-state index in [-0.39, 0.29) is 5.41 Å². The summed E-state index contributed by atoms with van der Waals surface area (Å²) in [7, 11) is -0.441. The molecule has 0 saturated carbocycles. The molecule has 2 heterocycles. The van der Waals surface area contributed by atoms with Gasteiger partial charge in [0.15, 0.2) is 0 Å². The molecule has 1 aromatic heterocycles. The maximum atomic E-state index is 6.56. The average Bonchev–Trinajstić information content (AvgIpc) is 3.56. The molecule has 0 radical (unpaired) electrons. The molecule has 0 bridgehead atoms. The molecule has 2 aliphatic rings. The SMILES string of the molecule is CC1(C)c2ccc(-c3ccccc3-c3ccccc3B3OC(C)(C)C(C)(C)O3)cc2-c2c1ccc1c2oc2ccccc21. The van der Waals surface area contributed by atoms with E-state index in [0.29, 0.717) is 0 Å². The predicted octanol–water partition coefficient (Wildman–Crippen LogP) is 9.53. The first kappa shape index (κ1) is 26.5. The van der Waals surface area contributed by atoms with Gasteiger partial charge in [0, 0.05) is 21.8 Å². The molecule has 0 amide bonds. The van der Waals surface area contributed by atoms with Gasteiger partial charge in [-0.15, -0.1) is 0 Å². The summed E-state index contributed by atoms with van der Waals surface area (Å²) >= 11 is 0. The van der Waals surface area contributed by atoms with Crippen LogP contribution in [0.1, 0.15) is 52.7 Å². The van der Waals surface area contributed by atoms with Gasteiger partial charge in [-0.25, -0.2) is 0 Å². The van der Waals surface area contributed by atoms with E-state index in [9.17, 15) is 0 Å². The first-order chi connectivity index (χ1) is 20.6. The second-order valence-electron chi connectivity index (χ2n) is 13.6. The molecule has 3 nitrogen and oxygen atoms in total. The molecule has 1 fully saturated rings. The summed E-state index contributed by atoms with van der Waals surface area (Å²) in [4.78, 5) is 0. The van der Waals surface area contributed by atoms with E-state index < -0.39 is 18.3 Å². The zero-order valence-electron chi connectivity index (χ0n) is 25.6. The van der Waals surface area contributed by atoms with Gasteiger partial charge < -0.3 is 13.7 Å². The topological polar surface area (TPSA) is 31.6 Å². The zero-order valence-corrected chi connectivity index (χ0v) is 25.6. The third-order valence-corrected chi connectivity index (χ3v) is 10.2. The van der Waals surface area contributed by atoms with E-state index in [0.717, 1.165) is 33.1 Å². The fourth-order valence-corrected chi connectivity index (χ4v) is 7.07. The number of hydrogen-bond acceptors (Lipinski definition) is 3. The third kappa shape index (κ3) is 3.76. The molecule has 1 aliphatic carbocycles. The summed E-state index contributed by atoms with van der Waals surface area (Å²) in [6, 6.07) is 37.0. The number of fused-ring (bicyclic) bond motifs is 7. The lowest BCUT2D eigenvalue weighted by atomic mass is 9.73. The first-order valence-electron chi connectivity index (χ1n) is 15.2. The van der Waals surface area contributed by atoms with Crippen molar-refractivity contribution in [3.63, 3.8) is 0 Å². The van der Waals surface area contributed by atoms with E-state index in [2.05, 4.69) is 139 Å². The molecule has 0 spiro atoms. The van der Waals surface area contributed by atoms with Crippen LogP contribution in [0.2, 0.25) is 0 Å². The van der Waals surface area contributed by atoms with E-state index in [1.807, 2.05) is 6.07 Å². The summed E-state index contributed by atoms with van der Waals surface area (Å²) in [6.45, 7) is 13.1. The van der Waals surface area contributed by atoms with Gasteiger partial charge in [-0.05, 0) is 84.2 Å². The summed E-state index contributed by atoms with van der Waals surface area (Å²) in [6.07, 6.45) is 0. The number of furan rings is 1. The monoisotopic (exact) mass is 562 g/mol. The van der Waals surface area contributed by atoms with Crippen LogP contribution < -0.4 is 5.46 Å². The molecular formula is C39H35BO3. The van der Waals surface area contributed by atoms with Crippen molar-refractivity contribution < 1.29 is 13.7 Å². The van der Waals surface area contributed by atoms with Crippen LogP contribution in [-0.2, 0) is 14.7 Å². The maximum absolute atomic E-state index is 6.56. The molecule has 0 unspecified atom stereocenters. The van der Waals surface area contributed by atoms with Crippen molar-refractivity contribution >= 4 is 34.5 Å². The Kier molecular flexibility index (Phi) is 5.52. The Morgan fingerprint density at radius 3 is 1.93 bits per heavy atom. The minimum absolute atomic E-state index is 0.126. The smallest absolute Gasteiger partial charge is 0.455 e. The highest BCUT2D eigenvalue weighted by Gasteiger charge is 2.52. The van der Waals surface area contributed by atoms with Crippen molar-refractivity contribution in [1.29, 1.82) is 0 Å². The Bertz CT molecular complexity index is 2060. The third-order valence-electron chi connectivity index (χ3n) is 10.2. The highest BCUT2D eigenvalue weighted by molar-refractivity contribution is 6.64. The van der Waals surface area contributed by atoms with Crippen LogP contribution in [0, 0.1) is 0 Å². The standard InChI is InChI=1S/C39H35BO3/c1-37(2)31-21-19-24(23-30(31)35-32(37)22-20-29-28-16-10-12-18-34(28)41-36(29)35)25-13-7-8-14-26(25)27-15-9-11-17-33(27)40-42-38(3,4)39(5,6)43-40/h7-23H,1-6H3.